The Balaban J connectivity index is 2.72. The van der Waals surface area contributed by atoms with Crippen molar-refractivity contribution in [3.63, 3.8) is 0 Å². The molecule has 0 aliphatic heterocycles. The summed E-state index contributed by atoms with van der Waals surface area (Å²) >= 11 is 0. The zero-order valence-electron chi connectivity index (χ0n) is 10.5. The highest BCUT2D eigenvalue weighted by Gasteiger charge is 2.15. The van der Waals surface area contributed by atoms with E-state index in [0.29, 0.717) is 12.1 Å². The van der Waals surface area contributed by atoms with Gasteiger partial charge in [0, 0.05) is 0 Å². The van der Waals surface area contributed by atoms with Crippen molar-refractivity contribution < 1.29 is 9.59 Å². The molecule has 5 nitrogen and oxygen atoms in total. The fourth-order valence-electron chi connectivity index (χ4n) is 1.59. The van der Waals surface area contributed by atoms with Crippen LogP contribution in [0.3, 0.4) is 0 Å². The maximum Gasteiger partial charge on any atom is 0.250 e. The first kappa shape index (κ1) is 14.2. The molecule has 98 valence electrons. The minimum atomic E-state index is -0.576. The zero-order valence-corrected chi connectivity index (χ0v) is 10.5. The number of amides is 2. The van der Waals surface area contributed by atoms with Crippen LogP contribution in [0.1, 0.15) is 36.5 Å². The summed E-state index contributed by atoms with van der Waals surface area (Å²) in [4.78, 5) is 23.0. The molecule has 2 amide bonds. The molecule has 0 saturated carbocycles. The number of hydrogen-bond donors (Lipinski definition) is 3. The standard InChI is InChI=1S/C13H19N3O2/c1-2-3-7-10(14)13(18)16-11-8-5-4-6-9(11)12(15)17/h4-6,8,10H,2-3,7,14H2,1H3,(H2,15,17)(H,16,18). The Kier molecular flexibility index (Phi) is 5.32. The summed E-state index contributed by atoms with van der Waals surface area (Å²) in [5, 5.41) is 2.64. The van der Waals surface area contributed by atoms with Crippen molar-refractivity contribution in [1.29, 1.82) is 0 Å². The molecule has 5 heteroatoms. The van der Waals surface area contributed by atoms with E-state index in [9.17, 15) is 9.59 Å². The SMILES string of the molecule is CCCCC(N)C(=O)Nc1ccccc1C(N)=O. The molecule has 1 aromatic carbocycles. The van der Waals surface area contributed by atoms with Gasteiger partial charge in [-0.15, -0.1) is 0 Å². The van der Waals surface area contributed by atoms with E-state index < -0.39 is 11.9 Å². The van der Waals surface area contributed by atoms with Crippen molar-refractivity contribution in [3.8, 4) is 0 Å². The minimum absolute atomic E-state index is 0.286. The zero-order chi connectivity index (χ0) is 13.5. The summed E-state index contributed by atoms with van der Waals surface area (Å²) in [6.07, 6.45) is 2.51. The first-order valence-electron chi connectivity index (χ1n) is 6.01. The van der Waals surface area contributed by atoms with E-state index >= 15 is 0 Å². The lowest BCUT2D eigenvalue weighted by atomic mass is 10.1. The number of anilines is 1. The van der Waals surface area contributed by atoms with Gasteiger partial charge in [-0.1, -0.05) is 31.9 Å². The fraction of sp³-hybridized carbons (Fsp3) is 0.385. The Labute approximate surface area is 107 Å². The number of para-hydroxylation sites is 1. The third kappa shape index (κ3) is 3.85. The van der Waals surface area contributed by atoms with Crippen molar-refractivity contribution >= 4 is 17.5 Å². The number of carbonyl (C=O) groups is 2. The van der Waals surface area contributed by atoms with Gasteiger partial charge in [-0.25, -0.2) is 0 Å². The number of nitrogens with two attached hydrogens (primary N) is 2. The Morgan fingerprint density at radius 3 is 2.61 bits per heavy atom. The highest BCUT2D eigenvalue weighted by Crippen LogP contribution is 2.14. The molecule has 5 N–H and O–H groups in total. The Morgan fingerprint density at radius 1 is 1.33 bits per heavy atom. The van der Waals surface area contributed by atoms with Gasteiger partial charge in [0.2, 0.25) is 5.91 Å². The smallest absolute Gasteiger partial charge is 0.250 e. The van der Waals surface area contributed by atoms with Crippen molar-refractivity contribution in [2.75, 3.05) is 5.32 Å². The Hall–Kier alpha value is -1.88. The summed E-state index contributed by atoms with van der Waals surface area (Å²) in [7, 11) is 0. The summed E-state index contributed by atoms with van der Waals surface area (Å²) in [5.74, 6) is -0.870. The van der Waals surface area contributed by atoms with Crippen LogP contribution in [-0.2, 0) is 4.79 Å². The largest absolute Gasteiger partial charge is 0.366 e. The van der Waals surface area contributed by atoms with Crippen molar-refractivity contribution in [3.05, 3.63) is 29.8 Å². The fourth-order valence-corrected chi connectivity index (χ4v) is 1.59. The Bertz CT molecular complexity index is 432. The second kappa shape index (κ2) is 6.76. The molecule has 18 heavy (non-hydrogen) atoms. The van der Waals surface area contributed by atoms with E-state index in [1.54, 1.807) is 24.3 Å². The van der Waals surface area contributed by atoms with Crippen LogP contribution < -0.4 is 16.8 Å². The molecular weight excluding hydrogens is 230 g/mol. The Morgan fingerprint density at radius 2 is 2.00 bits per heavy atom. The molecule has 0 saturated heterocycles. The first-order valence-corrected chi connectivity index (χ1v) is 6.01. The topological polar surface area (TPSA) is 98.2 Å². The molecule has 0 heterocycles. The van der Waals surface area contributed by atoms with Crippen LogP contribution in [0.5, 0.6) is 0 Å². The molecule has 0 aromatic heterocycles. The van der Waals surface area contributed by atoms with Gasteiger partial charge in [0.15, 0.2) is 0 Å². The number of hydrogen-bond acceptors (Lipinski definition) is 3. The van der Waals surface area contributed by atoms with Crippen molar-refractivity contribution in [2.24, 2.45) is 11.5 Å². The second-order valence-corrected chi connectivity index (χ2v) is 4.15. The highest BCUT2D eigenvalue weighted by molar-refractivity contribution is 6.04. The number of carbonyl (C=O) groups excluding carboxylic acids is 2. The number of rotatable bonds is 6. The normalized spacial score (nSPS) is 11.9. The predicted octanol–water partition coefficient (Wildman–Crippen LogP) is 1.24. The van der Waals surface area contributed by atoms with Gasteiger partial charge in [0.1, 0.15) is 0 Å². The van der Waals surface area contributed by atoms with Crippen LogP contribution in [0.25, 0.3) is 0 Å². The lowest BCUT2D eigenvalue weighted by Gasteiger charge is -2.13. The third-order valence-corrected chi connectivity index (χ3v) is 2.66. The quantitative estimate of drug-likeness (QED) is 0.707. The van der Waals surface area contributed by atoms with Gasteiger partial charge in [0.05, 0.1) is 17.3 Å². The summed E-state index contributed by atoms with van der Waals surface area (Å²) < 4.78 is 0. The number of nitrogens with one attached hydrogen (secondary N) is 1. The molecule has 1 rings (SSSR count). The van der Waals surface area contributed by atoms with Crippen molar-refractivity contribution in [1.82, 2.24) is 0 Å². The molecule has 0 spiro atoms. The van der Waals surface area contributed by atoms with E-state index in [-0.39, 0.29) is 11.5 Å². The van der Waals surface area contributed by atoms with E-state index in [0.717, 1.165) is 12.8 Å². The van der Waals surface area contributed by atoms with Crippen LogP contribution in [0.15, 0.2) is 24.3 Å². The molecular formula is C13H19N3O2. The lowest BCUT2D eigenvalue weighted by molar-refractivity contribution is -0.117. The average Bonchev–Trinajstić information content (AvgIpc) is 2.36. The van der Waals surface area contributed by atoms with Crippen LogP contribution in [0.4, 0.5) is 5.69 Å². The van der Waals surface area contributed by atoms with E-state index in [2.05, 4.69) is 5.32 Å². The molecule has 0 aliphatic rings. The van der Waals surface area contributed by atoms with Gasteiger partial charge < -0.3 is 16.8 Å². The van der Waals surface area contributed by atoms with Crippen LogP contribution in [0, 0.1) is 0 Å². The molecule has 0 aliphatic carbocycles. The van der Waals surface area contributed by atoms with Gasteiger partial charge in [-0.05, 0) is 18.6 Å². The molecule has 1 aromatic rings. The maximum atomic E-state index is 11.8. The van der Waals surface area contributed by atoms with E-state index in [4.69, 9.17) is 11.5 Å². The highest BCUT2D eigenvalue weighted by atomic mass is 16.2. The maximum absolute atomic E-state index is 11.8. The van der Waals surface area contributed by atoms with Gasteiger partial charge in [-0.3, -0.25) is 9.59 Å². The predicted molar refractivity (Wildman–Crippen MR) is 71.1 cm³/mol. The number of benzene rings is 1. The average molecular weight is 249 g/mol. The second-order valence-electron chi connectivity index (χ2n) is 4.15. The first-order chi connectivity index (χ1) is 8.56. The van der Waals surface area contributed by atoms with Crippen molar-refractivity contribution in [2.45, 2.75) is 32.2 Å². The summed E-state index contributed by atoms with van der Waals surface area (Å²) in [6.45, 7) is 2.03. The molecule has 0 radical (unpaired) electrons. The van der Waals surface area contributed by atoms with Gasteiger partial charge in [-0.2, -0.15) is 0 Å². The van der Waals surface area contributed by atoms with E-state index in [1.807, 2.05) is 6.92 Å². The van der Waals surface area contributed by atoms with Gasteiger partial charge >= 0.3 is 0 Å². The summed E-state index contributed by atoms with van der Waals surface area (Å²) in [5.41, 5.74) is 11.7. The number of unbranched alkanes of at least 4 members (excludes halogenated alkanes) is 1. The molecule has 0 fully saturated rings. The van der Waals surface area contributed by atoms with Crippen LogP contribution in [-0.4, -0.2) is 17.9 Å². The molecule has 1 atom stereocenters. The molecule has 0 bridgehead atoms. The lowest BCUT2D eigenvalue weighted by Crippen LogP contribution is -2.36. The number of primary amides is 1. The summed E-state index contributed by atoms with van der Waals surface area (Å²) in [6, 6.07) is 6.04. The van der Waals surface area contributed by atoms with E-state index in [1.165, 1.54) is 0 Å². The molecule has 1 unspecified atom stereocenters. The third-order valence-electron chi connectivity index (χ3n) is 2.66. The van der Waals surface area contributed by atoms with Crippen LogP contribution in [0.2, 0.25) is 0 Å². The monoisotopic (exact) mass is 249 g/mol. The minimum Gasteiger partial charge on any atom is -0.366 e. The van der Waals surface area contributed by atoms with Crippen LogP contribution >= 0.6 is 0 Å². The van der Waals surface area contributed by atoms with Gasteiger partial charge in [0.25, 0.3) is 5.91 Å².